The zero-order chi connectivity index (χ0) is 17.1. The van der Waals surface area contributed by atoms with Crippen LogP contribution >= 0.6 is 0 Å². The van der Waals surface area contributed by atoms with Gasteiger partial charge in [-0.05, 0) is 32.7 Å². The number of hydrogen-bond donors (Lipinski definition) is 1. The summed E-state index contributed by atoms with van der Waals surface area (Å²) in [5.41, 5.74) is 4.31. The number of piperidine rings is 1. The number of aromatic nitrogens is 3. The second kappa shape index (κ2) is 7.51. The SMILES string of the molecule is CN1CCC(=NNc2nc(N3CCCC3)nc(N3CCCC3)n2)CC1. The van der Waals surface area contributed by atoms with Crippen molar-refractivity contribution >= 4 is 23.6 Å². The average molecular weight is 344 g/mol. The largest absolute Gasteiger partial charge is 0.341 e. The van der Waals surface area contributed by atoms with Crippen molar-refractivity contribution in [3.63, 3.8) is 0 Å². The molecule has 25 heavy (non-hydrogen) atoms. The number of rotatable bonds is 4. The van der Waals surface area contributed by atoms with Gasteiger partial charge in [-0.15, -0.1) is 0 Å². The minimum Gasteiger partial charge on any atom is -0.341 e. The predicted molar refractivity (Wildman–Crippen MR) is 101 cm³/mol. The minimum atomic E-state index is 0.574. The molecule has 0 radical (unpaired) electrons. The topological polar surface area (TPSA) is 72.8 Å². The van der Waals surface area contributed by atoms with Crippen LogP contribution in [-0.4, -0.2) is 71.9 Å². The van der Waals surface area contributed by atoms with Crippen LogP contribution in [0.1, 0.15) is 38.5 Å². The first kappa shape index (κ1) is 16.5. The quantitative estimate of drug-likeness (QED) is 0.831. The van der Waals surface area contributed by atoms with E-state index in [1.165, 1.54) is 31.4 Å². The van der Waals surface area contributed by atoms with Crippen molar-refractivity contribution in [2.75, 3.05) is 61.5 Å². The monoisotopic (exact) mass is 344 g/mol. The van der Waals surface area contributed by atoms with Gasteiger partial charge in [0.2, 0.25) is 17.8 Å². The predicted octanol–water partition coefficient (Wildman–Crippen LogP) is 1.57. The number of hydrogen-bond acceptors (Lipinski definition) is 8. The summed E-state index contributed by atoms with van der Waals surface area (Å²) in [5.74, 6) is 2.16. The maximum absolute atomic E-state index is 4.74. The van der Waals surface area contributed by atoms with E-state index in [4.69, 9.17) is 4.98 Å². The Morgan fingerprint density at radius 1 is 0.760 bits per heavy atom. The molecule has 0 atom stereocenters. The van der Waals surface area contributed by atoms with Gasteiger partial charge in [-0.1, -0.05) is 0 Å². The number of anilines is 3. The van der Waals surface area contributed by atoms with E-state index in [1.54, 1.807) is 0 Å². The normalized spacial score (nSPS) is 21.9. The molecule has 0 saturated carbocycles. The lowest BCUT2D eigenvalue weighted by Gasteiger charge is -2.23. The molecule has 0 aromatic carbocycles. The molecule has 4 heterocycles. The summed E-state index contributed by atoms with van der Waals surface area (Å²) in [6.07, 6.45) is 6.86. The molecule has 4 rings (SSSR count). The maximum atomic E-state index is 4.74. The van der Waals surface area contributed by atoms with Crippen LogP contribution in [0.4, 0.5) is 17.8 Å². The second-order valence-electron chi connectivity index (χ2n) is 7.24. The molecule has 1 aromatic rings. The second-order valence-corrected chi connectivity index (χ2v) is 7.24. The first-order valence-electron chi connectivity index (χ1n) is 9.54. The molecule has 3 fully saturated rings. The van der Waals surface area contributed by atoms with Gasteiger partial charge in [0.05, 0.1) is 0 Å². The van der Waals surface area contributed by atoms with Gasteiger partial charge in [0.25, 0.3) is 0 Å². The molecule has 0 bridgehead atoms. The van der Waals surface area contributed by atoms with Gasteiger partial charge < -0.3 is 14.7 Å². The fourth-order valence-electron chi connectivity index (χ4n) is 3.64. The summed E-state index contributed by atoms with van der Waals surface area (Å²) >= 11 is 0. The molecular formula is C17H28N8. The molecule has 0 aliphatic carbocycles. The van der Waals surface area contributed by atoms with Gasteiger partial charge in [-0.25, -0.2) is 5.43 Å². The van der Waals surface area contributed by atoms with Crippen LogP contribution < -0.4 is 15.2 Å². The Balaban J connectivity index is 1.53. The van der Waals surface area contributed by atoms with Crippen LogP contribution in [0.2, 0.25) is 0 Å². The average Bonchev–Trinajstić information content (AvgIpc) is 3.35. The van der Waals surface area contributed by atoms with Crippen LogP contribution in [0.25, 0.3) is 0 Å². The Hall–Kier alpha value is -1.96. The summed E-state index contributed by atoms with van der Waals surface area (Å²) in [4.78, 5) is 20.9. The van der Waals surface area contributed by atoms with Crippen molar-refractivity contribution in [3.8, 4) is 0 Å². The van der Waals surface area contributed by atoms with E-state index in [0.29, 0.717) is 5.95 Å². The highest BCUT2D eigenvalue weighted by Gasteiger charge is 2.21. The number of nitrogens with zero attached hydrogens (tertiary/aromatic N) is 7. The van der Waals surface area contributed by atoms with Crippen molar-refractivity contribution in [2.24, 2.45) is 5.10 Å². The van der Waals surface area contributed by atoms with E-state index < -0.39 is 0 Å². The van der Waals surface area contributed by atoms with E-state index in [-0.39, 0.29) is 0 Å². The molecule has 8 heteroatoms. The number of nitrogens with one attached hydrogen (secondary N) is 1. The first-order chi connectivity index (χ1) is 12.3. The maximum Gasteiger partial charge on any atom is 0.250 e. The Morgan fingerprint density at radius 2 is 1.28 bits per heavy atom. The Bertz CT molecular complexity index is 575. The van der Waals surface area contributed by atoms with Gasteiger partial charge in [-0.2, -0.15) is 20.1 Å². The van der Waals surface area contributed by atoms with Gasteiger partial charge in [-0.3, -0.25) is 0 Å². The van der Waals surface area contributed by atoms with Gasteiger partial charge >= 0.3 is 0 Å². The molecule has 3 aliphatic heterocycles. The third kappa shape index (κ3) is 4.00. The minimum absolute atomic E-state index is 0.574. The van der Waals surface area contributed by atoms with Crippen molar-refractivity contribution in [2.45, 2.75) is 38.5 Å². The molecule has 0 unspecified atom stereocenters. The fourth-order valence-corrected chi connectivity index (χ4v) is 3.64. The molecule has 3 aliphatic rings. The molecule has 1 N–H and O–H groups in total. The summed E-state index contributed by atoms with van der Waals surface area (Å²) in [6, 6.07) is 0. The van der Waals surface area contributed by atoms with E-state index in [1.807, 2.05) is 0 Å². The first-order valence-corrected chi connectivity index (χ1v) is 9.54. The Morgan fingerprint density at radius 3 is 1.80 bits per heavy atom. The van der Waals surface area contributed by atoms with E-state index in [9.17, 15) is 0 Å². The third-order valence-electron chi connectivity index (χ3n) is 5.27. The van der Waals surface area contributed by atoms with Gasteiger partial charge in [0.15, 0.2) is 0 Å². The van der Waals surface area contributed by atoms with Crippen molar-refractivity contribution in [3.05, 3.63) is 0 Å². The molecule has 0 amide bonds. The highest BCUT2D eigenvalue weighted by molar-refractivity contribution is 5.86. The summed E-state index contributed by atoms with van der Waals surface area (Å²) in [6.45, 7) is 6.26. The standard InChI is InChI=1S/C17H28N8/c1-23-12-6-14(7-13-23)21-22-15-18-16(24-8-2-3-9-24)20-17(19-15)25-10-4-5-11-25/h2-13H2,1H3,(H,18,19,20,22). The molecule has 1 aromatic heterocycles. The lowest BCUT2D eigenvalue weighted by atomic mass is 10.1. The van der Waals surface area contributed by atoms with E-state index >= 15 is 0 Å². The summed E-state index contributed by atoms with van der Waals surface area (Å²) in [7, 11) is 2.15. The zero-order valence-corrected chi connectivity index (χ0v) is 15.1. The zero-order valence-electron chi connectivity index (χ0n) is 15.1. The van der Waals surface area contributed by atoms with Gasteiger partial charge in [0, 0.05) is 57.8 Å². The van der Waals surface area contributed by atoms with Crippen molar-refractivity contribution in [1.82, 2.24) is 19.9 Å². The lowest BCUT2D eigenvalue weighted by Crippen LogP contribution is -2.30. The van der Waals surface area contributed by atoms with Gasteiger partial charge in [0.1, 0.15) is 0 Å². The van der Waals surface area contributed by atoms with Crippen molar-refractivity contribution < 1.29 is 0 Å². The van der Waals surface area contributed by atoms with Crippen LogP contribution in [0, 0.1) is 0 Å². The van der Waals surface area contributed by atoms with E-state index in [2.05, 4.69) is 42.2 Å². The molecule has 0 spiro atoms. The molecule has 3 saturated heterocycles. The van der Waals surface area contributed by atoms with E-state index in [0.717, 1.165) is 64.0 Å². The molecule has 136 valence electrons. The Labute approximate surface area is 149 Å². The Kier molecular flexibility index (Phi) is 4.96. The number of hydrazone groups is 1. The summed E-state index contributed by atoms with van der Waals surface area (Å²) < 4.78 is 0. The fraction of sp³-hybridized carbons (Fsp3) is 0.765. The summed E-state index contributed by atoms with van der Waals surface area (Å²) in [5, 5.41) is 4.57. The lowest BCUT2D eigenvalue weighted by molar-refractivity contribution is 0.336. The number of likely N-dealkylation sites (tertiary alicyclic amines) is 1. The van der Waals surface area contributed by atoms with Crippen LogP contribution in [0.15, 0.2) is 5.10 Å². The van der Waals surface area contributed by atoms with Crippen molar-refractivity contribution in [1.29, 1.82) is 0 Å². The van der Waals surface area contributed by atoms with Crippen LogP contribution in [0.5, 0.6) is 0 Å². The smallest absolute Gasteiger partial charge is 0.250 e. The molecular weight excluding hydrogens is 316 g/mol. The van der Waals surface area contributed by atoms with Crippen LogP contribution in [-0.2, 0) is 0 Å². The third-order valence-corrected chi connectivity index (χ3v) is 5.27. The molecule has 8 nitrogen and oxygen atoms in total. The van der Waals surface area contributed by atoms with Crippen LogP contribution in [0.3, 0.4) is 0 Å². The highest BCUT2D eigenvalue weighted by Crippen LogP contribution is 2.22. The highest BCUT2D eigenvalue weighted by atomic mass is 15.4.